The average Bonchev–Trinajstić information content (AvgIpc) is 2.59. The van der Waals surface area contributed by atoms with E-state index in [-0.39, 0.29) is 11.6 Å². The predicted molar refractivity (Wildman–Crippen MR) is 64.1 cm³/mol. The molecule has 2 atom stereocenters. The van der Waals surface area contributed by atoms with Crippen molar-refractivity contribution >= 4 is 11.5 Å². The average molecular weight is 222 g/mol. The second-order valence-electron chi connectivity index (χ2n) is 4.38. The molecule has 2 heterocycles. The molecule has 2 unspecified atom stereocenters. The van der Waals surface area contributed by atoms with Gasteiger partial charge < -0.3 is 15.5 Å². The molecule has 4 N–H and O–H groups in total. The van der Waals surface area contributed by atoms with Crippen molar-refractivity contribution in [1.82, 2.24) is 4.98 Å². The summed E-state index contributed by atoms with van der Waals surface area (Å²) in [5.41, 5.74) is 3.52. The van der Waals surface area contributed by atoms with Gasteiger partial charge in [0, 0.05) is 24.6 Å². The van der Waals surface area contributed by atoms with E-state index in [9.17, 15) is 0 Å². The van der Waals surface area contributed by atoms with Crippen LogP contribution in [0.5, 0.6) is 0 Å². The molecule has 5 heteroatoms. The van der Waals surface area contributed by atoms with E-state index >= 15 is 0 Å². The largest absolute Gasteiger partial charge is 0.377 e. The van der Waals surface area contributed by atoms with Gasteiger partial charge in [-0.25, -0.2) is 10.8 Å². The molecule has 16 heavy (non-hydrogen) atoms. The number of hydrogen-bond acceptors (Lipinski definition) is 5. The molecule has 1 fully saturated rings. The van der Waals surface area contributed by atoms with E-state index in [0.717, 1.165) is 18.7 Å². The Morgan fingerprint density at radius 3 is 3.06 bits per heavy atom. The van der Waals surface area contributed by atoms with Crippen molar-refractivity contribution in [2.75, 3.05) is 17.3 Å². The maximum Gasteiger partial charge on any atom is 0.141 e. The van der Waals surface area contributed by atoms with Gasteiger partial charge in [0.15, 0.2) is 0 Å². The zero-order valence-electron chi connectivity index (χ0n) is 9.66. The molecule has 1 aliphatic rings. The van der Waals surface area contributed by atoms with E-state index in [4.69, 9.17) is 10.6 Å². The molecular weight excluding hydrogens is 204 g/mol. The standard InChI is InChI=1S/C11H18N4O/c1-8-11(2,4-6-16-8)14-9-3-5-13-10(7-9)15-12/h3,5,7-8H,4,6,12H2,1-2H3,(H2,13,14,15). The molecular formula is C11H18N4O. The highest BCUT2D eigenvalue weighted by atomic mass is 16.5. The lowest BCUT2D eigenvalue weighted by atomic mass is 9.94. The number of nitrogen functional groups attached to an aromatic ring is 1. The van der Waals surface area contributed by atoms with E-state index < -0.39 is 0 Å². The van der Waals surface area contributed by atoms with E-state index in [1.165, 1.54) is 0 Å². The third-order valence-corrected chi connectivity index (χ3v) is 3.22. The van der Waals surface area contributed by atoms with Crippen LogP contribution in [0, 0.1) is 0 Å². The number of pyridine rings is 1. The van der Waals surface area contributed by atoms with Crippen LogP contribution in [0.2, 0.25) is 0 Å². The fraction of sp³-hybridized carbons (Fsp3) is 0.545. The summed E-state index contributed by atoms with van der Waals surface area (Å²) in [5, 5.41) is 3.48. The van der Waals surface area contributed by atoms with Crippen LogP contribution in [0.3, 0.4) is 0 Å². The van der Waals surface area contributed by atoms with Crippen LogP contribution in [0.25, 0.3) is 0 Å². The highest BCUT2D eigenvalue weighted by molar-refractivity contribution is 5.53. The minimum absolute atomic E-state index is 0.0206. The molecule has 0 radical (unpaired) electrons. The highest BCUT2D eigenvalue weighted by Crippen LogP contribution is 2.29. The Morgan fingerprint density at radius 2 is 2.44 bits per heavy atom. The Hall–Kier alpha value is -1.33. The number of nitrogens with zero attached hydrogens (tertiary/aromatic N) is 1. The van der Waals surface area contributed by atoms with E-state index in [1.807, 2.05) is 12.1 Å². The summed E-state index contributed by atoms with van der Waals surface area (Å²) < 4.78 is 5.58. The summed E-state index contributed by atoms with van der Waals surface area (Å²) in [6, 6.07) is 3.81. The summed E-state index contributed by atoms with van der Waals surface area (Å²) in [6.45, 7) is 5.06. The van der Waals surface area contributed by atoms with Gasteiger partial charge in [0.1, 0.15) is 5.82 Å². The van der Waals surface area contributed by atoms with E-state index in [1.54, 1.807) is 6.20 Å². The number of nitrogens with two attached hydrogens (primary N) is 1. The first-order valence-electron chi connectivity index (χ1n) is 5.46. The lowest BCUT2D eigenvalue weighted by Gasteiger charge is -2.30. The van der Waals surface area contributed by atoms with Crippen LogP contribution in [0.15, 0.2) is 18.3 Å². The summed E-state index contributed by atoms with van der Waals surface area (Å²) >= 11 is 0. The van der Waals surface area contributed by atoms with Crippen LogP contribution < -0.4 is 16.6 Å². The molecule has 0 saturated carbocycles. The Balaban J connectivity index is 2.13. The zero-order chi connectivity index (χ0) is 11.6. The summed E-state index contributed by atoms with van der Waals surface area (Å²) in [6.07, 6.45) is 2.93. The lowest BCUT2D eigenvalue weighted by Crippen LogP contribution is -2.41. The number of aromatic nitrogens is 1. The molecule has 2 rings (SSSR count). The number of hydrogen-bond donors (Lipinski definition) is 3. The van der Waals surface area contributed by atoms with Gasteiger partial charge >= 0.3 is 0 Å². The summed E-state index contributed by atoms with van der Waals surface area (Å²) in [7, 11) is 0. The van der Waals surface area contributed by atoms with Gasteiger partial charge in [0.25, 0.3) is 0 Å². The Morgan fingerprint density at radius 1 is 1.62 bits per heavy atom. The van der Waals surface area contributed by atoms with Crippen LogP contribution in [0.1, 0.15) is 20.3 Å². The molecule has 1 saturated heterocycles. The van der Waals surface area contributed by atoms with Crippen LogP contribution in [-0.4, -0.2) is 23.2 Å². The summed E-state index contributed by atoms with van der Waals surface area (Å²) in [4.78, 5) is 4.07. The smallest absolute Gasteiger partial charge is 0.141 e. The van der Waals surface area contributed by atoms with Crippen molar-refractivity contribution in [1.29, 1.82) is 0 Å². The molecule has 0 amide bonds. The van der Waals surface area contributed by atoms with Crippen molar-refractivity contribution in [3.8, 4) is 0 Å². The number of nitrogens with one attached hydrogen (secondary N) is 2. The molecule has 1 aliphatic heterocycles. The van der Waals surface area contributed by atoms with Crippen LogP contribution in [-0.2, 0) is 4.74 Å². The molecule has 0 bridgehead atoms. The molecule has 5 nitrogen and oxygen atoms in total. The fourth-order valence-electron chi connectivity index (χ4n) is 1.92. The van der Waals surface area contributed by atoms with Crippen molar-refractivity contribution in [2.24, 2.45) is 5.84 Å². The number of anilines is 2. The van der Waals surface area contributed by atoms with Gasteiger partial charge in [0.2, 0.25) is 0 Å². The van der Waals surface area contributed by atoms with Crippen molar-refractivity contribution in [2.45, 2.75) is 31.9 Å². The van der Waals surface area contributed by atoms with Gasteiger partial charge in [-0.3, -0.25) is 0 Å². The van der Waals surface area contributed by atoms with E-state index in [0.29, 0.717) is 5.82 Å². The maximum atomic E-state index is 5.58. The summed E-state index contributed by atoms with van der Waals surface area (Å²) in [5.74, 6) is 5.98. The molecule has 88 valence electrons. The van der Waals surface area contributed by atoms with Gasteiger partial charge in [-0.15, -0.1) is 0 Å². The number of rotatable bonds is 3. The molecule has 1 aromatic rings. The quantitative estimate of drug-likeness (QED) is 0.532. The Kier molecular flexibility index (Phi) is 2.98. The normalized spacial score (nSPS) is 29.1. The molecule has 0 aliphatic carbocycles. The van der Waals surface area contributed by atoms with Crippen molar-refractivity contribution in [3.05, 3.63) is 18.3 Å². The minimum Gasteiger partial charge on any atom is -0.377 e. The molecule has 0 aromatic carbocycles. The molecule has 0 spiro atoms. The number of ether oxygens (including phenoxy) is 1. The third-order valence-electron chi connectivity index (χ3n) is 3.22. The van der Waals surface area contributed by atoms with Gasteiger partial charge in [-0.1, -0.05) is 0 Å². The SMILES string of the molecule is CC1OCCC1(C)Nc1ccnc(NN)c1. The maximum absolute atomic E-state index is 5.58. The Labute approximate surface area is 95.4 Å². The second kappa shape index (κ2) is 4.27. The van der Waals surface area contributed by atoms with Crippen LogP contribution >= 0.6 is 0 Å². The second-order valence-corrected chi connectivity index (χ2v) is 4.38. The zero-order valence-corrected chi connectivity index (χ0v) is 9.66. The first-order valence-corrected chi connectivity index (χ1v) is 5.46. The first kappa shape index (κ1) is 11.2. The van der Waals surface area contributed by atoms with Gasteiger partial charge in [-0.2, -0.15) is 0 Å². The Bertz CT molecular complexity index is 371. The number of hydrazine groups is 1. The minimum atomic E-state index is -0.0206. The highest BCUT2D eigenvalue weighted by Gasteiger charge is 2.36. The van der Waals surface area contributed by atoms with E-state index in [2.05, 4.69) is 29.6 Å². The van der Waals surface area contributed by atoms with Crippen molar-refractivity contribution < 1.29 is 4.74 Å². The third kappa shape index (κ3) is 2.10. The van der Waals surface area contributed by atoms with Gasteiger partial charge in [0.05, 0.1) is 11.6 Å². The topological polar surface area (TPSA) is 72.2 Å². The fourth-order valence-corrected chi connectivity index (χ4v) is 1.92. The van der Waals surface area contributed by atoms with Crippen molar-refractivity contribution in [3.63, 3.8) is 0 Å². The lowest BCUT2D eigenvalue weighted by molar-refractivity contribution is 0.105. The van der Waals surface area contributed by atoms with Gasteiger partial charge in [-0.05, 0) is 26.3 Å². The predicted octanol–water partition coefficient (Wildman–Crippen LogP) is 1.35. The van der Waals surface area contributed by atoms with Crippen LogP contribution in [0.4, 0.5) is 11.5 Å². The molecule has 1 aromatic heterocycles. The first-order chi connectivity index (χ1) is 7.64. The monoisotopic (exact) mass is 222 g/mol.